The molecule has 0 aliphatic carbocycles. The van der Waals surface area contributed by atoms with Gasteiger partial charge >= 0.3 is 0 Å². The zero-order valence-corrected chi connectivity index (χ0v) is 19.3. The molecule has 0 spiro atoms. The molecule has 8 heteroatoms. The zero-order valence-electron chi connectivity index (χ0n) is 18.5. The van der Waals surface area contributed by atoms with Crippen molar-refractivity contribution in [3.05, 3.63) is 65.7 Å². The summed E-state index contributed by atoms with van der Waals surface area (Å²) in [5.41, 5.74) is 2.25. The number of benzene rings is 2. The van der Waals surface area contributed by atoms with Gasteiger partial charge in [0.15, 0.2) is 17.3 Å². The van der Waals surface area contributed by atoms with E-state index < -0.39 is 0 Å². The van der Waals surface area contributed by atoms with Crippen molar-refractivity contribution in [2.24, 2.45) is 5.92 Å². The molecular weight excluding hydrogens is 436 g/mol. The first kappa shape index (κ1) is 21.6. The molecule has 0 radical (unpaired) electrons. The number of hydrogen-bond acceptors (Lipinski definition) is 7. The number of aryl methyl sites for hydroxylation is 1. The van der Waals surface area contributed by atoms with Crippen LogP contribution in [0.15, 0.2) is 64.5 Å². The van der Waals surface area contributed by atoms with E-state index in [0.29, 0.717) is 6.54 Å². The summed E-state index contributed by atoms with van der Waals surface area (Å²) in [7, 11) is 0. The molecule has 2 aliphatic rings. The fourth-order valence-electron chi connectivity index (χ4n) is 4.02. The van der Waals surface area contributed by atoms with Gasteiger partial charge in [-0.2, -0.15) is 0 Å². The third-order valence-electron chi connectivity index (χ3n) is 5.96. The van der Waals surface area contributed by atoms with E-state index in [0.717, 1.165) is 58.7 Å². The predicted octanol–water partition coefficient (Wildman–Crippen LogP) is 4.20. The van der Waals surface area contributed by atoms with Gasteiger partial charge < -0.3 is 19.7 Å². The number of piperidine rings is 1. The number of carbonyl (C=O) groups is 1. The van der Waals surface area contributed by atoms with Crippen molar-refractivity contribution in [3.8, 4) is 11.5 Å². The fraction of sp³-hybridized carbons (Fsp3) is 0.320. The van der Waals surface area contributed by atoms with E-state index in [1.165, 1.54) is 5.56 Å². The Balaban J connectivity index is 1.10. The number of rotatable bonds is 6. The number of anilines is 1. The van der Waals surface area contributed by atoms with Crippen LogP contribution in [0.25, 0.3) is 0 Å². The van der Waals surface area contributed by atoms with Crippen LogP contribution >= 0.6 is 11.8 Å². The molecule has 3 heterocycles. The van der Waals surface area contributed by atoms with Crippen LogP contribution < -0.4 is 19.7 Å². The second-order valence-corrected chi connectivity index (χ2v) is 9.41. The van der Waals surface area contributed by atoms with E-state index in [-0.39, 0.29) is 18.6 Å². The molecule has 3 aromatic rings. The lowest BCUT2D eigenvalue weighted by atomic mass is 9.96. The molecule has 5 rings (SSSR count). The summed E-state index contributed by atoms with van der Waals surface area (Å²) in [6.07, 6.45) is 1.60. The maximum atomic E-state index is 12.7. The third-order valence-corrected chi connectivity index (χ3v) is 6.90. The standard InChI is InChI=1S/C25H26N4O3S/c1-17-2-5-20(6-3-17)33-24-9-8-23(27-28-24)29-12-10-19(11-13-29)25(30)26-15-18-4-7-21-22(14-18)32-16-31-21/h2-9,14,19H,10-13,15-16H2,1H3,(H,26,30). The highest BCUT2D eigenvalue weighted by atomic mass is 32.2. The van der Waals surface area contributed by atoms with E-state index in [2.05, 4.69) is 51.6 Å². The number of nitrogens with zero attached hydrogens (tertiary/aromatic N) is 3. The number of carbonyl (C=O) groups excluding carboxylic acids is 1. The lowest BCUT2D eigenvalue weighted by molar-refractivity contribution is -0.125. The minimum atomic E-state index is 0.0135. The van der Waals surface area contributed by atoms with Gasteiger partial charge in [-0.3, -0.25) is 4.79 Å². The quantitative estimate of drug-likeness (QED) is 0.588. The number of fused-ring (bicyclic) bond motifs is 1. The van der Waals surface area contributed by atoms with Crippen molar-refractivity contribution < 1.29 is 14.3 Å². The van der Waals surface area contributed by atoms with Crippen molar-refractivity contribution >= 4 is 23.5 Å². The van der Waals surface area contributed by atoms with E-state index in [1.54, 1.807) is 11.8 Å². The van der Waals surface area contributed by atoms with Crippen LogP contribution in [-0.2, 0) is 11.3 Å². The van der Waals surface area contributed by atoms with Crippen molar-refractivity contribution in [1.29, 1.82) is 0 Å². The lowest BCUT2D eigenvalue weighted by Crippen LogP contribution is -2.40. The predicted molar refractivity (Wildman–Crippen MR) is 127 cm³/mol. The van der Waals surface area contributed by atoms with Crippen LogP contribution in [-0.4, -0.2) is 36.0 Å². The van der Waals surface area contributed by atoms with Gasteiger partial charge in [0.05, 0.1) is 0 Å². The van der Waals surface area contributed by atoms with Crippen LogP contribution in [0.2, 0.25) is 0 Å². The van der Waals surface area contributed by atoms with Crippen LogP contribution in [0.1, 0.15) is 24.0 Å². The van der Waals surface area contributed by atoms with Crippen LogP contribution in [0.4, 0.5) is 5.82 Å². The summed E-state index contributed by atoms with van der Waals surface area (Å²) in [4.78, 5) is 16.0. The highest BCUT2D eigenvalue weighted by Crippen LogP contribution is 2.32. The topological polar surface area (TPSA) is 76.6 Å². The molecule has 0 bridgehead atoms. The summed E-state index contributed by atoms with van der Waals surface area (Å²) >= 11 is 1.61. The molecule has 1 amide bonds. The average molecular weight is 463 g/mol. The second-order valence-electron chi connectivity index (χ2n) is 8.31. The molecule has 7 nitrogen and oxygen atoms in total. The molecule has 1 saturated heterocycles. The minimum Gasteiger partial charge on any atom is -0.454 e. The first-order chi connectivity index (χ1) is 16.1. The number of amides is 1. The maximum absolute atomic E-state index is 12.7. The van der Waals surface area contributed by atoms with Gasteiger partial charge in [0.25, 0.3) is 0 Å². The van der Waals surface area contributed by atoms with Crippen LogP contribution in [0.5, 0.6) is 11.5 Å². The van der Waals surface area contributed by atoms with Crippen molar-refractivity contribution in [3.63, 3.8) is 0 Å². The Bertz CT molecular complexity index is 1110. The highest BCUT2D eigenvalue weighted by molar-refractivity contribution is 7.99. The van der Waals surface area contributed by atoms with Gasteiger partial charge in [-0.1, -0.05) is 35.5 Å². The molecule has 0 unspecified atom stereocenters. The summed E-state index contributed by atoms with van der Waals surface area (Å²) < 4.78 is 10.7. The van der Waals surface area contributed by atoms with Crippen molar-refractivity contribution in [2.45, 2.75) is 36.2 Å². The molecule has 2 aliphatic heterocycles. The first-order valence-corrected chi connectivity index (χ1v) is 12.0. The lowest BCUT2D eigenvalue weighted by Gasteiger charge is -2.31. The average Bonchev–Trinajstić information content (AvgIpc) is 3.33. The number of hydrogen-bond donors (Lipinski definition) is 1. The molecular formula is C25H26N4O3S. The largest absolute Gasteiger partial charge is 0.454 e. The summed E-state index contributed by atoms with van der Waals surface area (Å²) in [6, 6.07) is 18.2. The van der Waals surface area contributed by atoms with E-state index in [1.807, 2.05) is 30.3 Å². The molecule has 1 aromatic heterocycles. The van der Waals surface area contributed by atoms with Crippen LogP contribution in [0, 0.1) is 12.8 Å². The highest BCUT2D eigenvalue weighted by Gasteiger charge is 2.26. The minimum absolute atomic E-state index is 0.0135. The molecule has 2 aromatic carbocycles. The fourth-order valence-corrected chi connectivity index (χ4v) is 4.75. The summed E-state index contributed by atoms with van der Waals surface area (Å²) in [5.74, 6) is 2.46. The Morgan fingerprint density at radius 3 is 2.58 bits per heavy atom. The molecule has 0 saturated carbocycles. The van der Waals surface area contributed by atoms with E-state index in [4.69, 9.17) is 9.47 Å². The summed E-state index contributed by atoms with van der Waals surface area (Å²) in [6.45, 7) is 4.40. The second kappa shape index (κ2) is 9.70. The Morgan fingerprint density at radius 1 is 1.03 bits per heavy atom. The molecule has 33 heavy (non-hydrogen) atoms. The monoisotopic (exact) mass is 462 g/mol. The van der Waals surface area contributed by atoms with E-state index >= 15 is 0 Å². The van der Waals surface area contributed by atoms with Gasteiger partial charge in [0.2, 0.25) is 12.7 Å². The van der Waals surface area contributed by atoms with Crippen molar-refractivity contribution in [1.82, 2.24) is 15.5 Å². The van der Waals surface area contributed by atoms with Gasteiger partial charge in [0.1, 0.15) is 5.03 Å². The number of nitrogens with one attached hydrogen (secondary N) is 1. The Morgan fingerprint density at radius 2 is 1.82 bits per heavy atom. The Hall–Kier alpha value is -3.26. The molecule has 1 N–H and O–H groups in total. The third kappa shape index (κ3) is 5.22. The normalized spacial score (nSPS) is 15.5. The van der Waals surface area contributed by atoms with Gasteiger partial charge in [-0.25, -0.2) is 0 Å². The van der Waals surface area contributed by atoms with E-state index in [9.17, 15) is 4.79 Å². The zero-order chi connectivity index (χ0) is 22.6. The van der Waals surface area contributed by atoms with Gasteiger partial charge in [-0.15, -0.1) is 10.2 Å². The Kier molecular flexibility index (Phi) is 6.35. The van der Waals surface area contributed by atoms with Gasteiger partial charge in [0, 0.05) is 30.4 Å². The summed E-state index contributed by atoms with van der Waals surface area (Å²) in [5, 5.41) is 12.7. The SMILES string of the molecule is Cc1ccc(Sc2ccc(N3CCC(C(=O)NCc4ccc5c(c4)OCO5)CC3)nn2)cc1. The number of aromatic nitrogens is 2. The Labute approximate surface area is 197 Å². The first-order valence-electron chi connectivity index (χ1n) is 11.1. The van der Waals surface area contributed by atoms with Crippen LogP contribution in [0.3, 0.4) is 0 Å². The molecule has 0 atom stereocenters. The maximum Gasteiger partial charge on any atom is 0.231 e. The molecule has 170 valence electrons. The number of ether oxygens (including phenoxy) is 2. The van der Waals surface area contributed by atoms with Crippen molar-refractivity contribution in [2.75, 3.05) is 24.8 Å². The van der Waals surface area contributed by atoms with Gasteiger partial charge in [-0.05, 0) is 61.7 Å². The molecule has 1 fully saturated rings. The smallest absolute Gasteiger partial charge is 0.231 e.